The largest absolute Gasteiger partial charge is 0.185 e. The molecule has 0 amide bonds. The molecule has 0 saturated heterocycles. The standard InChI is InChI=1S/C3H5NS3/c1-5-7-3-6-2-4/h3H2,1H3. The van der Waals surface area contributed by atoms with Crippen molar-refractivity contribution in [3.8, 4) is 5.40 Å². The third-order valence-electron chi connectivity index (χ3n) is 0.289. The van der Waals surface area contributed by atoms with Crippen LogP contribution in [-0.2, 0) is 0 Å². The van der Waals surface area contributed by atoms with Crippen LogP contribution in [0.4, 0.5) is 0 Å². The molecule has 0 rings (SSSR count). The van der Waals surface area contributed by atoms with Crippen molar-refractivity contribution in [2.24, 2.45) is 0 Å². The van der Waals surface area contributed by atoms with Crippen molar-refractivity contribution in [2.75, 3.05) is 11.3 Å². The number of hydrogen-bond acceptors (Lipinski definition) is 4. The van der Waals surface area contributed by atoms with Crippen LogP contribution in [0.15, 0.2) is 0 Å². The highest BCUT2D eigenvalue weighted by Crippen LogP contribution is 2.21. The summed E-state index contributed by atoms with van der Waals surface area (Å²) in [5.74, 6) is 0. The third-order valence-corrected chi connectivity index (χ3v) is 3.08. The van der Waals surface area contributed by atoms with E-state index in [4.69, 9.17) is 5.26 Å². The van der Waals surface area contributed by atoms with Gasteiger partial charge in [-0.05, 0) is 18.0 Å². The van der Waals surface area contributed by atoms with E-state index in [-0.39, 0.29) is 0 Å². The predicted octanol–water partition coefficient (Wildman–Crippen LogP) is 2.17. The number of thioether (sulfide) groups is 1. The van der Waals surface area contributed by atoms with E-state index in [1.807, 2.05) is 11.7 Å². The van der Waals surface area contributed by atoms with Crippen molar-refractivity contribution >= 4 is 33.3 Å². The van der Waals surface area contributed by atoms with Crippen LogP contribution in [0.25, 0.3) is 0 Å². The van der Waals surface area contributed by atoms with Gasteiger partial charge in [0.15, 0.2) is 0 Å². The second-order valence-corrected chi connectivity index (χ2v) is 4.33. The molecule has 0 unspecified atom stereocenters. The maximum Gasteiger partial charge on any atom is 0.134 e. The van der Waals surface area contributed by atoms with E-state index in [1.165, 1.54) is 11.8 Å². The molecular formula is C3H5NS3. The molecular weight excluding hydrogens is 146 g/mol. The van der Waals surface area contributed by atoms with E-state index >= 15 is 0 Å². The van der Waals surface area contributed by atoms with Crippen LogP contribution in [0.3, 0.4) is 0 Å². The van der Waals surface area contributed by atoms with Crippen LogP contribution in [0.5, 0.6) is 0 Å². The molecule has 0 aliphatic carbocycles. The minimum Gasteiger partial charge on any atom is -0.185 e. The topological polar surface area (TPSA) is 23.8 Å². The van der Waals surface area contributed by atoms with Gasteiger partial charge in [0.25, 0.3) is 0 Å². The summed E-state index contributed by atoms with van der Waals surface area (Å²) < 4.78 is 0. The highest BCUT2D eigenvalue weighted by atomic mass is 33.1. The zero-order valence-electron chi connectivity index (χ0n) is 3.88. The maximum atomic E-state index is 7.98. The molecule has 0 spiro atoms. The zero-order chi connectivity index (χ0) is 5.54. The van der Waals surface area contributed by atoms with Crippen molar-refractivity contribution in [3.05, 3.63) is 0 Å². The molecule has 0 aromatic heterocycles. The fourth-order valence-electron chi connectivity index (χ4n) is 0.0985. The molecule has 0 saturated carbocycles. The van der Waals surface area contributed by atoms with Crippen molar-refractivity contribution in [2.45, 2.75) is 0 Å². The lowest BCUT2D eigenvalue weighted by molar-refractivity contribution is 1.57. The van der Waals surface area contributed by atoms with Gasteiger partial charge in [0, 0.05) is 0 Å². The smallest absolute Gasteiger partial charge is 0.134 e. The van der Waals surface area contributed by atoms with Gasteiger partial charge in [-0.15, -0.1) is 0 Å². The number of rotatable bonds is 3. The van der Waals surface area contributed by atoms with E-state index < -0.39 is 0 Å². The lowest BCUT2D eigenvalue weighted by Gasteiger charge is -1.84. The minimum absolute atomic E-state index is 0.873. The summed E-state index contributed by atoms with van der Waals surface area (Å²) in [7, 11) is 3.38. The average molecular weight is 151 g/mol. The molecule has 0 atom stereocenters. The lowest BCUT2D eigenvalue weighted by Crippen LogP contribution is -1.55. The Morgan fingerprint density at radius 3 is 2.86 bits per heavy atom. The van der Waals surface area contributed by atoms with Gasteiger partial charge in [-0.25, -0.2) is 0 Å². The summed E-state index contributed by atoms with van der Waals surface area (Å²) in [6, 6.07) is 0. The Kier molecular flexibility index (Phi) is 7.04. The number of nitriles is 1. The van der Waals surface area contributed by atoms with Crippen molar-refractivity contribution in [3.63, 3.8) is 0 Å². The molecule has 1 nitrogen and oxygen atoms in total. The van der Waals surface area contributed by atoms with Crippen LogP contribution in [0.2, 0.25) is 0 Å². The summed E-state index contributed by atoms with van der Waals surface area (Å²) in [5.41, 5.74) is 0. The minimum atomic E-state index is 0.873. The van der Waals surface area contributed by atoms with E-state index in [0.717, 1.165) is 5.08 Å². The van der Waals surface area contributed by atoms with Gasteiger partial charge in [0.1, 0.15) is 5.40 Å². The Morgan fingerprint density at radius 2 is 2.43 bits per heavy atom. The molecule has 0 bridgehead atoms. The quantitative estimate of drug-likeness (QED) is 0.267. The van der Waals surface area contributed by atoms with Gasteiger partial charge in [0.2, 0.25) is 0 Å². The molecule has 0 aromatic carbocycles. The van der Waals surface area contributed by atoms with E-state index in [0.29, 0.717) is 0 Å². The van der Waals surface area contributed by atoms with Crippen LogP contribution in [0.1, 0.15) is 0 Å². The van der Waals surface area contributed by atoms with Gasteiger partial charge < -0.3 is 0 Å². The van der Waals surface area contributed by atoms with Gasteiger partial charge in [-0.2, -0.15) is 5.26 Å². The fourth-order valence-corrected chi connectivity index (χ4v) is 2.19. The number of nitrogens with zero attached hydrogens (tertiary/aromatic N) is 1. The maximum absolute atomic E-state index is 7.98. The first-order valence-corrected chi connectivity index (χ1v) is 5.29. The lowest BCUT2D eigenvalue weighted by atomic mass is 11.8. The second-order valence-electron chi connectivity index (χ2n) is 0.638. The first-order valence-electron chi connectivity index (χ1n) is 1.58. The van der Waals surface area contributed by atoms with Crippen molar-refractivity contribution < 1.29 is 0 Å². The highest BCUT2D eigenvalue weighted by Gasteiger charge is 1.80. The van der Waals surface area contributed by atoms with Crippen molar-refractivity contribution in [1.29, 1.82) is 5.26 Å². The second kappa shape index (κ2) is 6.54. The monoisotopic (exact) mass is 151 g/mol. The van der Waals surface area contributed by atoms with Gasteiger partial charge in [-0.1, -0.05) is 21.6 Å². The van der Waals surface area contributed by atoms with E-state index in [9.17, 15) is 0 Å². The molecule has 0 aliphatic heterocycles. The van der Waals surface area contributed by atoms with Crippen molar-refractivity contribution in [1.82, 2.24) is 0 Å². The SMILES string of the molecule is CSSCSC#N. The summed E-state index contributed by atoms with van der Waals surface area (Å²) >= 11 is 1.28. The zero-order valence-corrected chi connectivity index (χ0v) is 6.33. The van der Waals surface area contributed by atoms with E-state index in [2.05, 4.69) is 0 Å². The van der Waals surface area contributed by atoms with Crippen LogP contribution >= 0.6 is 33.3 Å². The van der Waals surface area contributed by atoms with Gasteiger partial charge in [-0.3, -0.25) is 0 Å². The summed E-state index contributed by atoms with van der Waals surface area (Å²) in [6.07, 6.45) is 2.00. The molecule has 0 radical (unpaired) electrons. The molecule has 0 aliphatic rings. The molecule has 40 valence electrons. The first-order chi connectivity index (χ1) is 3.41. The molecule has 0 aromatic rings. The van der Waals surface area contributed by atoms with Gasteiger partial charge >= 0.3 is 0 Å². The molecule has 0 heterocycles. The first kappa shape index (κ1) is 7.54. The molecule has 7 heavy (non-hydrogen) atoms. The fraction of sp³-hybridized carbons (Fsp3) is 0.667. The molecule has 0 N–H and O–H groups in total. The molecule has 0 fully saturated rings. The number of hydrogen-bond donors (Lipinski definition) is 0. The molecule has 4 heteroatoms. The van der Waals surface area contributed by atoms with Crippen LogP contribution in [-0.4, -0.2) is 11.3 Å². The van der Waals surface area contributed by atoms with E-state index in [1.54, 1.807) is 21.6 Å². The number of thiocyanates is 1. The average Bonchev–Trinajstić information content (AvgIpc) is 1.69. The summed E-state index contributed by atoms with van der Waals surface area (Å²) in [5, 5.41) is 10.8. The Bertz CT molecular complexity index is 67.1. The third kappa shape index (κ3) is 6.54. The Hall–Kier alpha value is 0.540. The predicted molar refractivity (Wildman–Crippen MR) is 39.2 cm³/mol. The summed E-state index contributed by atoms with van der Waals surface area (Å²) in [6.45, 7) is 0. The Labute approximate surface area is 55.6 Å². The van der Waals surface area contributed by atoms with Crippen LogP contribution < -0.4 is 0 Å². The van der Waals surface area contributed by atoms with Gasteiger partial charge in [0.05, 0.1) is 5.08 Å². The highest BCUT2D eigenvalue weighted by molar-refractivity contribution is 8.78. The normalized spacial score (nSPS) is 8.00. The summed E-state index contributed by atoms with van der Waals surface area (Å²) in [4.78, 5) is 0. The Morgan fingerprint density at radius 1 is 1.71 bits per heavy atom. The van der Waals surface area contributed by atoms with Crippen LogP contribution in [0, 0.1) is 10.7 Å². The Balaban J connectivity index is 2.60.